The Balaban J connectivity index is 2.42. The fourth-order valence-corrected chi connectivity index (χ4v) is 0.576. The van der Waals surface area contributed by atoms with Crippen LogP contribution in [0.5, 0.6) is 0 Å². The van der Waals surface area contributed by atoms with Gasteiger partial charge in [0.05, 0.1) is 6.42 Å². The van der Waals surface area contributed by atoms with Crippen LogP contribution in [0.4, 0.5) is 4.39 Å². The van der Waals surface area contributed by atoms with Crippen LogP contribution >= 0.6 is 0 Å². The molecule has 0 fully saturated rings. The Morgan fingerprint density at radius 2 is 2.57 bits per heavy atom. The first-order valence-electron chi connectivity index (χ1n) is 2.20. The van der Waals surface area contributed by atoms with Crippen LogP contribution in [0.25, 0.3) is 0 Å². The summed E-state index contributed by atoms with van der Waals surface area (Å²) in [4.78, 5) is 0. The Bertz CT molecular complexity index is 102. The lowest BCUT2D eigenvalue weighted by Crippen LogP contribution is -2.05. The zero-order valence-corrected chi connectivity index (χ0v) is 3.80. The molecule has 0 bridgehead atoms. The van der Waals surface area contributed by atoms with Crippen LogP contribution < -0.4 is 0 Å². The second kappa shape index (κ2) is 1.48. The van der Waals surface area contributed by atoms with E-state index < -0.39 is 6.17 Å². The van der Waals surface area contributed by atoms with Gasteiger partial charge in [-0.15, -0.1) is 0 Å². The van der Waals surface area contributed by atoms with E-state index in [0.29, 0.717) is 11.2 Å². The maximum absolute atomic E-state index is 11.9. The highest BCUT2D eigenvalue weighted by molar-refractivity contribution is 5.53. The van der Waals surface area contributed by atoms with Crippen LogP contribution in [0.2, 0.25) is 0 Å². The molecule has 40 valence electrons. The molecule has 0 N–H and O–H groups in total. The van der Waals surface area contributed by atoms with Crippen LogP contribution in [-0.4, -0.2) is 23.7 Å². The molecule has 2 nitrogen and oxygen atoms in total. The third kappa shape index (κ3) is 0.885. The molecule has 0 radical (unpaired) electrons. The van der Waals surface area contributed by atoms with Gasteiger partial charge in [-0.1, -0.05) is 0 Å². The summed E-state index contributed by atoms with van der Waals surface area (Å²) < 4.78 is 12.5. The first-order valence-corrected chi connectivity index (χ1v) is 2.20. The van der Waals surface area contributed by atoms with Crippen molar-refractivity contribution in [1.82, 2.24) is 0 Å². The van der Waals surface area contributed by atoms with E-state index in [9.17, 15) is 9.60 Å². The van der Waals surface area contributed by atoms with Gasteiger partial charge in [0.25, 0.3) is 0 Å². The molecule has 1 rings (SSSR count). The van der Waals surface area contributed by atoms with Crippen LogP contribution in [0.1, 0.15) is 6.42 Å². The first kappa shape index (κ1) is 4.56. The van der Waals surface area contributed by atoms with Crippen LogP contribution in [0.3, 0.4) is 0 Å². The van der Waals surface area contributed by atoms with Crippen molar-refractivity contribution in [3.05, 3.63) is 5.21 Å². The highest BCUT2D eigenvalue weighted by Crippen LogP contribution is 2.00. The summed E-state index contributed by atoms with van der Waals surface area (Å²) in [5.41, 5.74) is 0. The minimum atomic E-state index is -0.919. The van der Waals surface area contributed by atoms with Gasteiger partial charge in [0.1, 0.15) is 0 Å². The summed E-state index contributed by atoms with van der Waals surface area (Å²) in [7, 11) is 0. The molecule has 3 heteroatoms. The van der Waals surface area contributed by atoms with E-state index in [0.717, 1.165) is 0 Å². The van der Waals surface area contributed by atoms with Gasteiger partial charge >= 0.3 is 0 Å². The molecule has 0 aliphatic carbocycles. The van der Waals surface area contributed by atoms with Crippen LogP contribution in [-0.2, 0) is 0 Å². The molecule has 1 unspecified atom stereocenters. The Labute approximate surface area is 40.8 Å². The molecule has 0 amide bonds. The molecule has 1 atom stereocenters. The summed E-state index contributed by atoms with van der Waals surface area (Å²) in [6.45, 7) is 0.0278. The quantitative estimate of drug-likeness (QED) is 0.320. The van der Waals surface area contributed by atoms with Crippen LogP contribution in [0, 0.1) is 5.21 Å². The van der Waals surface area contributed by atoms with Gasteiger partial charge < -0.3 is 5.21 Å². The second-order valence-electron chi connectivity index (χ2n) is 1.62. The third-order valence-corrected chi connectivity index (χ3v) is 0.943. The lowest BCUT2D eigenvalue weighted by molar-refractivity contribution is -0.449. The van der Waals surface area contributed by atoms with E-state index in [-0.39, 0.29) is 6.54 Å². The van der Waals surface area contributed by atoms with Gasteiger partial charge in [-0.25, -0.2) is 9.13 Å². The van der Waals surface area contributed by atoms with Gasteiger partial charge in [-0.2, -0.15) is 0 Å². The minimum absolute atomic E-state index is 0.0278. The molecular formula is C4H6FNO. The summed E-state index contributed by atoms with van der Waals surface area (Å²) in [6.07, 6.45) is 0.700. The van der Waals surface area contributed by atoms with Crippen molar-refractivity contribution in [2.24, 2.45) is 0 Å². The number of rotatable bonds is 0. The highest BCUT2D eigenvalue weighted by atomic mass is 19.1. The fraction of sp³-hybridized carbons (Fsp3) is 0.750. The lowest BCUT2D eigenvalue weighted by Gasteiger charge is -1.93. The molecule has 1 aliphatic heterocycles. The van der Waals surface area contributed by atoms with Gasteiger partial charge in [-0.3, -0.25) is 0 Å². The third-order valence-electron chi connectivity index (χ3n) is 0.943. The number of halogens is 1. The van der Waals surface area contributed by atoms with Crippen molar-refractivity contribution in [3.63, 3.8) is 0 Å². The van der Waals surface area contributed by atoms with E-state index in [1.165, 1.54) is 6.21 Å². The maximum atomic E-state index is 11.9. The van der Waals surface area contributed by atoms with Gasteiger partial charge in [0, 0.05) is 0 Å². The van der Waals surface area contributed by atoms with Gasteiger partial charge in [0.2, 0.25) is 0 Å². The van der Waals surface area contributed by atoms with Gasteiger partial charge in [0.15, 0.2) is 18.9 Å². The molecule has 0 aromatic carbocycles. The summed E-state index contributed by atoms with van der Waals surface area (Å²) in [5.74, 6) is 0. The van der Waals surface area contributed by atoms with Crippen molar-refractivity contribution < 1.29 is 9.13 Å². The summed E-state index contributed by atoms with van der Waals surface area (Å²) >= 11 is 0. The van der Waals surface area contributed by atoms with Crippen molar-refractivity contribution in [2.75, 3.05) is 6.54 Å². The average molecular weight is 103 g/mol. The molecule has 1 aliphatic rings. The average Bonchev–Trinajstić information content (AvgIpc) is 1.87. The van der Waals surface area contributed by atoms with E-state index in [2.05, 4.69) is 0 Å². The number of alkyl halides is 1. The lowest BCUT2D eigenvalue weighted by atomic mass is 10.3. The number of hydroxylamine groups is 1. The molecule has 0 saturated heterocycles. The SMILES string of the molecule is [O-][N+]1=CCC(F)C1. The maximum Gasteiger partial charge on any atom is 0.184 e. The number of nitrogens with zero attached hydrogens (tertiary/aromatic N) is 1. The Morgan fingerprint density at radius 1 is 1.86 bits per heavy atom. The highest BCUT2D eigenvalue weighted by Gasteiger charge is 2.16. The normalized spacial score (nSPS) is 30.4. The predicted molar refractivity (Wildman–Crippen MR) is 24.1 cm³/mol. The minimum Gasteiger partial charge on any atom is -0.624 e. The molecule has 0 aromatic heterocycles. The zero-order chi connectivity index (χ0) is 5.28. The molecule has 7 heavy (non-hydrogen) atoms. The Morgan fingerprint density at radius 3 is 2.71 bits per heavy atom. The smallest absolute Gasteiger partial charge is 0.184 e. The zero-order valence-electron chi connectivity index (χ0n) is 3.80. The molecule has 0 spiro atoms. The number of hydrogen-bond donors (Lipinski definition) is 0. The van der Waals surface area contributed by atoms with Crippen molar-refractivity contribution in [2.45, 2.75) is 12.6 Å². The molecular weight excluding hydrogens is 97.0 g/mol. The van der Waals surface area contributed by atoms with E-state index >= 15 is 0 Å². The van der Waals surface area contributed by atoms with E-state index in [4.69, 9.17) is 0 Å². The Kier molecular flexibility index (Phi) is 0.964. The predicted octanol–water partition coefficient (Wildman–Crippen LogP) is 0.309. The van der Waals surface area contributed by atoms with E-state index in [1.807, 2.05) is 0 Å². The molecule has 0 saturated carbocycles. The first-order chi connectivity index (χ1) is 3.29. The van der Waals surface area contributed by atoms with Crippen molar-refractivity contribution in [1.29, 1.82) is 0 Å². The fourth-order valence-electron chi connectivity index (χ4n) is 0.576. The number of hydrogen-bond acceptors (Lipinski definition) is 1. The van der Waals surface area contributed by atoms with Gasteiger partial charge in [-0.05, 0) is 0 Å². The Hall–Kier alpha value is -0.600. The summed E-state index contributed by atoms with van der Waals surface area (Å²) in [5, 5.41) is 10.1. The second-order valence-corrected chi connectivity index (χ2v) is 1.62. The molecule has 1 heterocycles. The standard InChI is InChI=1S/C4H6FNO/c5-4-1-2-6(7)3-4/h2,4H,1,3H2. The monoisotopic (exact) mass is 103 g/mol. The van der Waals surface area contributed by atoms with Crippen molar-refractivity contribution >= 4 is 6.21 Å². The largest absolute Gasteiger partial charge is 0.624 e. The topological polar surface area (TPSA) is 26.1 Å². The summed E-state index contributed by atoms with van der Waals surface area (Å²) in [6, 6.07) is 0. The van der Waals surface area contributed by atoms with Crippen molar-refractivity contribution in [3.8, 4) is 0 Å². The van der Waals surface area contributed by atoms with E-state index in [1.54, 1.807) is 0 Å². The van der Waals surface area contributed by atoms with Crippen LogP contribution in [0.15, 0.2) is 0 Å². The molecule has 0 aromatic rings.